The van der Waals surface area contributed by atoms with Crippen LogP contribution >= 0.6 is 0 Å². The van der Waals surface area contributed by atoms with Gasteiger partial charge in [-0.05, 0) is 23.3 Å². The van der Waals surface area contributed by atoms with E-state index in [0.29, 0.717) is 11.1 Å². The summed E-state index contributed by atoms with van der Waals surface area (Å²) in [6.07, 6.45) is -1.14. The van der Waals surface area contributed by atoms with Crippen molar-refractivity contribution in [3.05, 3.63) is 89.2 Å². The van der Waals surface area contributed by atoms with Crippen molar-refractivity contribution in [1.82, 2.24) is 5.32 Å². The highest BCUT2D eigenvalue weighted by atomic mass is 19.1. The van der Waals surface area contributed by atoms with Crippen LogP contribution in [0.2, 0.25) is 0 Å². The Kier molecular flexibility index (Phi) is 6.79. The normalized spacial score (nSPS) is 11.4. The molecule has 0 bridgehead atoms. The first-order valence-corrected chi connectivity index (χ1v) is 9.30. The van der Waals surface area contributed by atoms with Gasteiger partial charge < -0.3 is 14.8 Å². The number of carbonyl (C=O) groups excluding carboxylic acids is 1. The Hall–Kier alpha value is -3.69. The highest BCUT2D eigenvalue weighted by Gasteiger charge is 2.27. The van der Waals surface area contributed by atoms with Crippen LogP contribution in [0, 0.1) is 17.1 Å². The molecule has 1 unspecified atom stereocenters. The Morgan fingerprint density at radius 1 is 1.07 bits per heavy atom. The van der Waals surface area contributed by atoms with Crippen LogP contribution in [0.15, 0.2) is 66.7 Å². The first-order valence-electron chi connectivity index (χ1n) is 9.30. The number of hydrogen-bond acceptors (Lipinski definition) is 4. The molecule has 0 radical (unpaired) electrons. The fraction of sp³-hybridized carbons (Fsp3) is 0.167. The van der Waals surface area contributed by atoms with E-state index in [9.17, 15) is 4.79 Å². The van der Waals surface area contributed by atoms with Crippen LogP contribution < -0.4 is 10.1 Å². The quantitative estimate of drug-likeness (QED) is 0.635. The predicted octanol–water partition coefficient (Wildman–Crippen LogP) is 4.38. The number of nitrogens with one attached hydrogen (secondary N) is 1. The van der Waals surface area contributed by atoms with Crippen LogP contribution in [-0.4, -0.2) is 20.1 Å². The van der Waals surface area contributed by atoms with Crippen LogP contribution in [0.1, 0.15) is 22.8 Å². The molecule has 0 aliphatic rings. The molecule has 6 heteroatoms. The van der Waals surface area contributed by atoms with E-state index in [1.165, 1.54) is 20.3 Å². The van der Waals surface area contributed by atoms with E-state index in [1.54, 1.807) is 30.3 Å². The van der Waals surface area contributed by atoms with Crippen LogP contribution in [0.25, 0.3) is 11.1 Å². The van der Waals surface area contributed by atoms with Gasteiger partial charge in [-0.15, -0.1) is 0 Å². The number of hydrogen-bond donors (Lipinski definition) is 1. The molecule has 0 aromatic heterocycles. The third-order valence-electron chi connectivity index (χ3n) is 4.72. The molecule has 0 aliphatic heterocycles. The van der Waals surface area contributed by atoms with E-state index >= 15 is 4.39 Å². The summed E-state index contributed by atoms with van der Waals surface area (Å²) in [5, 5.41) is 11.6. The van der Waals surface area contributed by atoms with Gasteiger partial charge in [0.05, 0.1) is 18.7 Å². The Morgan fingerprint density at radius 2 is 1.77 bits per heavy atom. The third-order valence-corrected chi connectivity index (χ3v) is 4.72. The van der Waals surface area contributed by atoms with E-state index in [1.807, 2.05) is 36.4 Å². The van der Waals surface area contributed by atoms with Crippen molar-refractivity contribution in [1.29, 1.82) is 5.26 Å². The summed E-state index contributed by atoms with van der Waals surface area (Å²) in [6, 6.07) is 21.4. The number of rotatable bonds is 7. The maximum Gasteiger partial charge on any atom is 0.254 e. The van der Waals surface area contributed by atoms with Crippen molar-refractivity contribution in [3.63, 3.8) is 0 Å². The molecule has 30 heavy (non-hydrogen) atoms. The van der Waals surface area contributed by atoms with Gasteiger partial charge in [-0.1, -0.05) is 54.6 Å². The predicted molar refractivity (Wildman–Crippen MR) is 111 cm³/mol. The van der Waals surface area contributed by atoms with Gasteiger partial charge in [0.2, 0.25) is 0 Å². The smallest absolute Gasteiger partial charge is 0.254 e. The monoisotopic (exact) mass is 404 g/mol. The van der Waals surface area contributed by atoms with Crippen LogP contribution in [0.3, 0.4) is 0 Å². The fourth-order valence-corrected chi connectivity index (χ4v) is 3.17. The molecule has 3 rings (SSSR count). The highest BCUT2D eigenvalue weighted by Crippen LogP contribution is 2.36. The zero-order chi connectivity index (χ0) is 21.5. The number of benzene rings is 3. The van der Waals surface area contributed by atoms with E-state index < -0.39 is 17.8 Å². The third kappa shape index (κ3) is 4.48. The topological polar surface area (TPSA) is 71.3 Å². The van der Waals surface area contributed by atoms with Gasteiger partial charge >= 0.3 is 0 Å². The first kappa shape index (κ1) is 21.0. The number of ether oxygens (including phenoxy) is 2. The summed E-state index contributed by atoms with van der Waals surface area (Å²) in [4.78, 5) is 12.7. The second-order valence-electron chi connectivity index (χ2n) is 6.56. The molecule has 1 N–H and O–H groups in total. The number of carbonyl (C=O) groups is 1. The molecule has 0 fully saturated rings. The van der Waals surface area contributed by atoms with E-state index in [-0.39, 0.29) is 17.9 Å². The van der Waals surface area contributed by atoms with Crippen LogP contribution in [0.5, 0.6) is 5.75 Å². The van der Waals surface area contributed by atoms with Crippen molar-refractivity contribution in [2.24, 2.45) is 0 Å². The minimum atomic E-state index is -1.14. The van der Waals surface area contributed by atoms with Gasteiger partial charge in [-0.2, -0.15) is 5.26 Å². The molecular weight excluding hydrogens is 383 g/mol. The van der Waals surface area contributed by atoms with Gasteiger partial charge in [0.25, 0.3) is 5.91 Å². The average Bonchev–Trinajstić information content (AvgIpc) is 2.79. The minimum Gasteiger partial charge on any atom is -0.493 e. The summed E-state index contributed by atoms with van der Waals surface area (Å²) in [6.45, 7) is 0.227. The maximum absolute atomic E-state index is 15.2. The Bertz CT molecular complexity index is 1060. The Morgan fingerprint density at radius 3 is 2.37 bits per heavy atom. The van der Waals surface area contributed by atoms with Crippen molar-refractivity contribution >= 4 is 5.91 Å². The molecule has 1 atom stereocenters. The van der Waals surface area contributed by atoms with Crippen molar-refractivity contribution in [3.8, 4) is 22.9 Å². The Labute approximate surface area is 174 Å². The standard InChI is InChI=1S/C24H21FN2O3/c1-29-22-19(18-6-4-3-5-7-18)12-13-20(21(22)25)23(30-2)24(28)27-15-17-10-8-16(14-26)9-11-17/h3-13,23H,15H2,1-2H3,(H,27,28). The fourth-order valence-electron chi connectivity index (χ4n) is 3.17. The largest absolute Gasteiger partial charge is 0.493 e. The zero-order valence-electron chi connectivity index (χ0n) is 16.7. The van der Waals surface area contributed by atoms with Crippen molar-refractivity contribution < 1.29 is 18.7 Å². The molecular formula is C24H21FN2O3. The lowest BCUT2D eigenvalue weighted by molar-refractivity contribution is -0.131. The van der Waals surface area contributed by atoms with Gasteiger partial charge in [0, 0.05) is 24.8 Å². The number of nitriles is 1. The summed E-state index contributed by atoms with van der Waals surface area (Å²) in [5.74, 6) is -1.06. The molecule has 152 valence electrons. The molecule has 0 saturated heterocycles. The molecule has 1 amide bonds. The second kappa shape index (κ2) is 9.68. The average molecular weight is 404 g/mol. The van der Waals surface area contributed by atoms with Gasteiger partial charge in [-0.25, -0.2) is 4.39 Å². The van der Waals surface area contributed by atoms with Gasteiger partial charge in [0.15, 0.2) is 17.7 Å². The lowest BCUT2D eigenvalue weighted by Crippen LogP contribution is -2.30. The van der Waals surface area contributed by atoms with E-state index in [2.05, 4.69) is 5.32 Å². The van der Waals surface area contributed by atoms with Crippen molar-refractivity contribution in [2.45, 2.75) is 12.6 Å². The van der Waals surface area contributed by atoms with Crippen LogP contribution in [-0.2, 0) is 16.1 Å². The van der Waals surface area contributed by atoms with Gasteiger partial charge in [0.1, 0.15) is 0 Å². The minimum absolute atomic E-state index is 0.0562. The Balaban J connectivity index is 1.83. The van der Waals surface area contributed by atoms with Gasteiger partial charge in [-0.3, -0.25) is 4.79 Å². The summed E-state index contributed by atoms with van der Waals surface area (Å²) < 4.78 is 25.9. The first-order chi connectivity index (χ1) is 14.6. The number of methoxy groups -OCH3 is 2. The molecule has 0 spiro atoms. The summed E-state index contributed by atoms with van der Waals surface area (Å²) in [5.41, 5.74) is 2.83. The molecule has 3 aromatic rings. The lowest BCUT2D eigenvalue weighted by atomic mass is 9.99. The zero-order valence-corrected chi connectivity index (χ0v) is 16.7. The number of nitrogens with zero attached hydrogens (tertiary/aromatic N) is 1. The molecule has 0 aliphatic carbocycles. The molecule has 0 saturated carbocycles. The molecule has 5 nitrogen and oxygen atoms in total. The van der Waals surface area contributed by atoms with E-state index in [0.717, 1.165) is 11.1 Å². The SMILES string of the molecule is COc1c(-c2ccccc2)ccc(C(OC)C(=O)NCc2ccc(C#N)cc2)c1F. The van der Waals surface area contributed by atoms with Crippen LogP contribution in [0.4, 0.5) is 4.39 Å². The number of amides is 1. The molecule has 0 heterocycles. The molecule has 3 aromatic carbocycles. The van der Waals surface area contributed by atoms with Crippen molar-refractivity contribution in [2.75, 3.05) is 14.2 Å². The highest BCUT2D eigenvalue weighted by molar-refractivity contribution is 5.83. The lowest BCUT2D eigenvalue weighted by Gasteiger charge is -2.19. The van der Waals surface area contributed by atoms with E-state index in [4.69, 9.17) is 14.7 Å². The summed E-state index contributed by atoms with van der Waals surface area (Å²) in [7, 11) is 2.74. The second-order valence-corrected chi connectivity index (χ2v) is 6.56. The number of halogens is 1. The summed E-state index contributed by atoms with van der Waals surface area (Å²) >= 11 is 0. The maximum atomic E-state index is 15.2.